The van der Waals surface area contributed by atoms with Gasteiger partial charge in [-0.05, 0) is 35.8 Å². The van der Waals surface area contributed by atoms with Crippen LogP contribution in [0.2, 0.25) is 0 Å². The summed E-state index contributed by atoms with van der Waals surface area (Å²) in [5, 5.41) is 2.32. The van der Waals surface area contributed by atoms with Crippen LogP contribution in [0.25, 0.3) is 28.1 Å². The van der Waals surface area contributed by atoms with Gasteiger partial charge in [-0.1, -0.05) is 86.1 Å². The molecule has 0 saturated carbocycles. The predicted molar refractivity (Wildman–Crippen MR) is 135 cm³/mol. The third-order valence-corrected chi connectivity index (χ3v) is 5.73. The van der Waals surface area contributed by atoms with Crippen LogP contribution < -0.4 is 0 Å². The molecule has 4 nitrogen and oxygen atoms in total. The van der Waals surface area contributed by atoms with Crippen LogP contribution in [-0.4, -0.2) is 22.1 Å². The van der Waals surface area contributed by atoms with Crippen molar-refractivity contribution in [2.75, 3.05) is 6.61 Å². The maximum Gasteiger partial charge on any atom is 0.330 e. The summed E-state index contributed by atoms with van der Waals surface area (Å²) in [6, 6.07) is 25.0. The maximum absolute atomic E-state index is 12.2. The van der Waals surface area contributed by atoms with Crippen LogP contribution in [-0.2, 0) is 22.5 Å². The van der Waals surface area contributed by atoms with E-state index in [0.29, 0.717) is 13.2 Å². The molecule has 168 valence electrons. The Kier molecular flexibility index (Phi) is 7.36. The van der Waals surface area contributed by atoms with Crippen LogP contribution in [0.15, 0.2) is 78.9 Å². The molecule has 0 atom stereocenters. The first-order valence-corrected chi connectivity index (χ1v) is 11.7. The Balaban J connectivity index is 1.91. The summed E-state index contributed by atoms with van der Waals surface area (Å²) in [4.78, 5) is 17.3. The van der Waals surface area contributed by atoms with Crippen LogP contribution in [0.5, 0.6) is 0 Å². The molecule has 3 aromatic carbocycles. The number of hydrogen-bond donors (Lipinski definition) is 0. The summed E-state index contributed by atoms with van der Waals surface area (Å²) in [5.41, 5.74) is 4.09. The van der Waals surface area contributed by atoms with Crippen molar-refractivity contribution in [1.29, 1.82) is 0 Å². The number of nitrogens with zero attached hydrogens (tertiary/aromatic N) is 2. The van der Waals surface area contributed by atoms with Gasteiger partial charge in [-0.3, -0.25) is 0 Å². The number of benzene rings is 3. The molecule has 0 amide bonds. The van der Waals surface area contributed by atoms with Crippen molar-refractivity contribution in [2.45, 2.75) is 39.7 Å². The van der Waals surface area contributed by atoms with Gasteiger partial charge in [0, 0.05) is 24.6 Å². The highest BCUT2D eigenvalue weighted by Crippen LogP contribution is 2.32. The van der Waals surface area contributed by atoms with Gasteiger partial charge in [0.05, 0.1) is 18.0 Å². The molecular formula is C29H30N2O2. The average molecular weight is 439 g/mol. The van der Waals surface area contributed by atoms with E-state index in [4.69, 9.17) is 9.72 Å². The normalized spacial score (nSPS) is 11.3. The third-order valence-electron chi connectivity index (χ3n) is 5.73. The molecule has 0 N–H and O–H groups in total. The lowest BCUT2D eigenvalue weighted by atomic mass is 10.0. The van der Waals surface area contributed by atoms with Crippen LogP contribution in [0.4, 0.5) is 0 Å². The summed E-state index contributed by atoms with van der Waals surface area (Å²) < 4.78 is 7.40. The molecule has 0 fully saturated rings. The zero-order valence-electron chi connectivity index (χ0n) is 19.3. The van der Waals surface area contributed by atoms with Crippen LogP contribution in [0.3, 0.4) is 0 Å². The SMILES string of the molecule is CCCCc1nc(-c2cccc3ccccc23)c(C=CC(=O)OCC)n1Cc1ccccc1. The number of aromatic nitrogens is 2. The minimum atomic E-state index is -0.344. The van der Waals surface area contributed by atoms with E-state index in [1.165, 1.54) is 17.0 Å². The van der Waals surface area contributed by atoms with Crippen molar-refractivity contribution >= 4 is 22.8 Å². The van der Waals surface area contributed by atoms with Gasteiger partial charge in [0.2, 0.25) is 0 Å². The summed E-state index contributed by atoms with van der Waals surface area (Å²) in [6.45, 7) is 5.05. The van der Waals surface area contributed by atoms with Crippen molar-refractivity contribution in [2.24, 2.45) is 0 Å². The maximum atomic E-state index is 12.2. The predicted octanol–water partition coefficient (Wildman–Crippen LogP) is 6.67. The highest BCUT2D eigenvalue weighted by Gasteiger charge is 2.19. The number of fused-ring (bicyclic) bond motifs is 1. The largest absolute Gasteiger partial charge is 0.463 e. The number of esters is 1. The second kappa shape index (κ2) is 10.8. The van der Waals surface area contributed by atoms with Gasteiger partial charge < -0.3 is 9.30 Å². The van der Waals surface area contributed by atoms with Crippen LogP contribution in [0.1, 0.15) is 43.8 Å². The molecule has 0 aliphatic heterocycles. The molecule has 4 aromatic rings. The molecule has 1 heterocycles. The summed E-state index contributed by atoms with van der Waals surface area (Å²) in [6.07, 6.45) is 6.41. The fraction of sp³-hybridized carbons (Fsp3) is 0.241. The molecule has 0 saturated heterocycles. The Morgan fingerprint density at radius 3 is 2.52 bits per heavy atom. The number of hydrogen-bond acceptors (Lipinski definition) is 3. The molecular weight excluding hydrogens is 408 g/mol. The molecule has 0 aliphatic rings. The minimum Gasteiger partial charge on any atom is -0.463 e. The second-order valence-corrected chi connectivity index (χ2v) is 8.05. The smallest absolute Gasteiger partial charge is 0.330 e. The Hall–Kier alpha value is -3.66. The van der Waals surface area contributed by atoms with Gasteiger partial charge >= 0.3 is 5.97 Å². The highest BCUT2D eigenvalue weighted by molar-refractivity contribution is 5.98. The Morgan fingerprint density at radius 1 is 0.970 bits per heavy atom. The number of imidazole rings is 1. The molecule has 0 radical (unpaired) electrons. The van der Waals surface area contributed by atoms with Crippen molar-refractivity contribution < 1.29 is 9.53 Å². The molecule has 4 rings (SSSR count). The lowest BCUT2D eigenvalue weighted by Crippen LogP contribution is -2.08. The van der Waals surface area contributed by atoms with Crippen molar-refractivity contribution in [3.8, 4) is 11.3 Å². The quantitative estimate of drug-likeness (QED) is 0.216. The molecule has 0 spiro atoms. The van der Waals surface area contributed by atoms with Gasteiger partial charge in [-0.15, -0.1) is 0 Å². The summed E-state index contributed by atoms with van der Waals surface area (Å²) in [7, 11) is 0. The van der Waals surface area contributed by atoms with Gasteiger partial charge in [0.25, 0.3) is 0 Å². The number of aryl methyl sites for hydroxylation is 1. The molecule has 0 unspecified atom stereocenters. The van der Waals surface area contributed by atoms with E-state index in [-0.39, 0.29) is 5.97 Å². The van der Waals surface area contributed by atoms with Gasteiger partial charge in [-0.2, -0.15) is 0 Å². The molecule has 1 aromatic heterocycles. The molecule has 33 heavy (non-hydrogen) atoms. The molecule has 0 bridgehead atoms. The minimum absolute atomic E-state index is 0.344. The van der Waals surface area contributed by atoms with Gasteiger partial charge in [0.1, 0.15) is 5.82 Å². The van der Waals surface area contributed by atoms with Crippen molar-refractivity contribution in [3.63, 3.8) is 0 Å². The van der Waals surface area contributed by atoms with E-state index in [0.717, 1.165) is 47.4 Å². The fourth-order valence-electron chi connectivity index (χ4n) is 4.12. The Bertz CT molecular complexity index is 1250. The van der Waals surface area contributed by atoms with Crippen molar-refractivity contribution in [3.05, 3.63) is 96.0 Å². The summed E-state index contributed by atoms with van der Waals surface area (Å²) in [5.74, 6) is 0.691. The van der Waals surface area contributed by atoms with E-state index in [1.807, 2.05) is 25.1 Å². The average Bonchev–Trinajstić information content (AvgIpc) is 3.18. The monoisotopic (exact) mass is 438 g/mol. The topological polar surface area (TPSA) is 44.1 Å². The molecule has 0 aliphatic carbocycles. The van der Waals surface area contributed by atoms with E-state index >= 15 is 0 Å². The number of unbranched alkanes of at least 4 members (excludes halogenated alkanes) is 1. The standard InChI is InChI=1S/C29H30N2O2/c1-3-5-18-27-30-29(25-17-11-15-23-14-9-10-16-24(23)25)26(19-20-28(32)33-4-2)31(27)21-22-12-7-6-8-13-22/h6-17,19-20H,3-5,18,21H2,1-2H3. The highest BCUT2D eigenvalue weighted by atomic mass is 16.5. The molecule has 4 heteroatoms. The lowest BCUT2D eigenvalue weighted by Gasteiger charge is -2.11. The van der Waals surface area contributed by atoms with E-state index < -0.39 is 0 Å². The van der Waals surface area contributed by atoms with E-state index in [2.05, 4.69) is 72.2 Å². The Labute approximate surface area is 195 Å². The number of carbonyl (C=O) groups excluding carboxylic acids is 1. The number of rotatable bonds is 9. The lowest BCUT2D eigenvalue weighted by molar-refractivity contribution is -0.137. The zero-order valence-corrected chi connectivity index (χ0v) is 19.3. The van der Waals surface area contributed by atoms with Crippen LogP contribution >= 0.6 is 0 Å². The Morgan fingerprint density at radius 2 is 1.73 bits per heavy atom. The van der Waals surface area contributed by atoms with Crippen molar-refractivity contribution in [1.82, 2.24) is 9.55 Å². The second-order valence-electron chi connectivity index (χ2n) is 8.05. The van der Waals surface area contributed by atoms with Gasteiger partial charge in [0.15, 0.2) is 0 Å². The fourth-order valence-corrected chi connectivity index (χ4v) is 4.12. The summed E-state index contributed by atoms with van der Waals surface area (Å²) >= 11 is 0. The third kappa shape index (κ3) is 5.23. The van der Waals surface area contributed by atoms with Gasteiger partial charge in [-0.25, -0.2) is 9.78 Å². The van der Waals surface area contributed by atoms with Crippen LogP contribution in [0, 0.1) is 0 Å². The zero-order chi connectivity index (χ0) is 23.0. The van der Waals surface area contributed by atoms with E-state index in [1.54, 1.807) is 0 Å². The first-order valence-electron chi connectivity index (χ1n) is 11.7. The number of carbonyl (C=O) groups is 1. The number of ether oxygens (including phenoxy) is 1. The van der Waals surface area contributed by atoms with E-state index in [9.17, 15) is 4.79 Å². The first kappa shape index (κ1) is 22.5. The first-order chi connectivity index (χ1) is 16.2.